The minimum atomic E-state index is 0.194. The third kappa shape index (κ3) is 5.16. The molecule has 2 N–H and O–H groups in total. The van der Waals surface area contributed by atoms with E-state index in [0.29, 0.717) is 13.2 Å². The minimum Gasteiger partial charge on any atom is -0.468 e. The summed E-state index contributed by atoms with van der Waals surface area (Å²) in [6, 6.07) is 11.2. The predicted octanol–water partition coefficient (Wildman–Crippen LogP) is 3.68. The molecule has 0 aromatic heterocycles. The van der Waals surface area contributed by atoms with Crippen LogP contribution in [0.15, 0.2) is 36.4 Å². The molecule has 0 radical (unpaired) electrons. The first-order chi connectivity index (χ1) is 11.1. The Morgan fingerprint density at radius 2 is 1.52 bits per heavy atom. The van der Waals surface area contributed by atoms with E-state index >= 15 is 0 Å². The van der Waals surface area contributed by atoms with Crippen molar-refractivity contribution in [3.63, 3.8) is 0 Å². The summed E-state index contributed by atoms with van der Waals surface area (Å²) in [5.41, 5.74) is 8.58. The summed E-state index contributed by atoms with van der Waals surface area (Å²) in [4.78, 5) is 0. The molecule has 23 heavy (non-hydrogen) atoms. The second kappa shape index (κ2) is 8.41. The molecule has 2 rings (SSSR count). The molecule has 0 aliphatic heterocycles. The van der Waals surface area contributed by atoms with Crippen molar-refractivity contribution in [3.8, 4) is 17.2 Å². The zero-order chi connectivity index (χ0) is 16.7. The van der Waals surface area contributed by atoms with Gasteiger partial charge in [-0.1, -0.05) is 0 Å². The highest BCUT2D eigenvalue weighted by atomic mass is 16.7. The van der Waals surface area contributed by atoms with Crippen LogP contribution in [0.1, 0.15) is 11.1 Å². The van der Waals surface area contributed by atoms with Crippen molar-refractivity contribution < 1.29 is 18.9 Å². The fraction of sp³-hybridized carbons (Fsp3) is 0.333. The number of nitrogens with two attached hydrogens (primary N) is 1. The van der Waals surface area contributed by atoms with Crippen molar-refractivity contribution in [2.24, 2.45) is 0 Å². The summed E-state index contributed by atoms with van der Waals surface area (Å²) >= 11 is 0. The second-order valence-corrected chi connectivity index (χ2v) is 5.22. The van der Waals surface area contributed by atoms with Gasteiger partial charge in [0.15, 0.2) is 6.79 Å². The summed E-state index contributed by atoms with van der Waals surface area (Å²) < 4.78 is 21.6. The maximum Gasteiger partial charge on any atom is 0.189 e. The lowest BCUT2D eigenvalue weighted by atomic mass is 10.1. The van der Waals surface area contributed by atoms with Gasteiger partial charge in [0.2, 0.25) is 0 Å². The molecule has 0 amide bonds. The Morgan fingerprint density at radius 1 is 0.913 bits per heavy atom. The number of benzene rings is 2. The van der Waals surface area contributed by atoms with E-state index in [0.717, 1.165) is 34.1 Å². The molecule has 0 atom stereocenters. The maximum atomic E-state index is 5.95. The van der Waals surface area contributed by atoms with E-state index in [2.05, 4.69) is 0 Å². The fourth-order valence-corrected chi connectivity index (χ4v) is 2.18. The van der Waals surface area contributed by atoms with Crippen LogP contribution in [-0.4, -0.2) is 27.1 Å². The molecular formula is C18H23NO4. The molecule has 2 aromatic rings. The van der Waals surface area contributed by atoms with E-state index in [1.54, 1.807) is 7.11 Å². The molecule has 5 nitrogen and oxygen atoms in total. The molecule has 2 aromatic carbocycles. The van der Waals surface area contributed by atoms with Crippen LogP contribution < -0.4 is 15.2 Å². The number of nitrogen functional groups attached to an aromatic ring is 1. The van der Waals surface area contributed by atoms with Crippen LogP contribution in [0, 0.1) is 13.8 Å². The normalized spacial score (nSPS) is 10.6. The number of rotatable bonds is 8. The van der Waals surface area contributed by atoms with E-state index in [9.17, 15) is 0 Å². The highest BCUT2D eigenvalue weighted by Gasteiger charge is 2.07. The molecule has 0 aliphatic rings. The zero-order valence-corrected chi connectivity index (χ0v) is 13.8. The lowest BCUT2D eigenvalue weighted by Crippen LogP contribution is -2.07. The van der Waals surface area contributed by atoms with Crippen molar-refractivity contribution >= 4 is 5.69 Å². The molecular weight excluding hydrogens is 294 g/mol. The van der Waals surface area contributed by atoms with Crippen LogP contribution in [0.3, 0.4) is 0 Å². The molecule has 5 heteroatoms. The molecule has 0 saturated heterocycles. The van der Waals surface area contributed by atoms with Gasteiger partial charge in [0.1, 0.15) is 17.2 Å². The van der Waals surface area contributed by atoms with Crippen LogP contribution in [0.5, 0.6) is 17.2 Å². The van der Waals surface area contributed by atoms with Crippen molar-refractivity contribution in [1.82, 2.24) is 0 Å². The number of hydrogen-bond donors (Lipinski definition) is 1. The van der Waals surface area contributed by atoms with Crippen LogP contribution in [0.4, 0.5) is 5.69 Å². The Hall–Kier alpha value is -2.24. The second-order valence-electron chi connectivity index (χ2n) is 5.22. The molecule has 0 saturated carbocycles. The summed E-state index contributed by atoms with van der Waals surface area (Å²) in [5.74, 6) is 2.30. The monoisotopic (exact) mass is 317 g/mol. The number of methoxy groups -OCH3 is 1. The fourth-order valence-electron chi connectivity index (χ4n) is 2.18. The Labute approximate surface area is 136 Å². The molecule has 0 aliphatic carbocycles. The quantitative estimate of drug-likeness (QED) is 0.457. The minimum absolute atomic E-state index is 0.194. The van der Waals surface area contributed by atoms with Crippen LogP contribution in [0.2, 0.25) is 0 Å². The maximum absolute atomic E-state index is 5.95. The molecule has 0 spiro atoms. The van der Waals surface area contributed by atoms with Gasteiger partial charge in [0.25, 0.3) is 0 Å². The predicted molar refractivity (Wildman–Crippen MR) is 90.2 cm³/mol. The average Bonchev–Trinajstić information content (AvgIpc) is 2.52. The van der Waals surface area contributed by atoms with Crippen LogP contribution in [0.25, 0.3) is 0 Å². The van der Waals surface area contributed by atoms with Gasteiger partial charge in [0, 0.05) is 12.8 Å². The third-order valence-electron chi connectivity index (χ3n) is 3.27. The van der Waals surface area contributed by atoms with Crippen molar-refractivity contribution in [3.05, 3.63) is 47.5 Å². The number of ether oxygens (including phenoxy) is 4. The first-order valence-corrected chi connectivity index (χ1v) is 7.44. The lowest BCUT2D eigenvalue weighted by molar-refractivity contribution is -0.00848. The molecule has 0 unspecified atom stereocenters. The van der Waals surface area contributed by atoms with Gasteiger partial charge in [-0.25, -0.2) is 0 Å². The topological polar surface area (TPSA) is 62.9 Å². The zero-order valence-electron chi connectivity index (χ0n) is 13.8. The number of anilines is 1. The summed E-state index contributed by atoms with van der Waals surface area (Å²) in [6.07, 6.45) is 0. The van der Waals surface area contributed by atoms with Gasteiger partial charge in [-0.2, -0.15) is 0 Å². The van der Waals surface area contributed by atoms with E-state index < -0.39 is 0 Å². The first-order valence-electron chi connectivity index (χ1n) is 7.44. The summed E-state index contributed by atoms with van der Waals surface area (Å²) in [6.45, 7) is 5.21. The van der Waals surface area contributed by atoms with Crippen LogP contribution in [-0.2, 0) is 9.47 Å². The smallest absolute Gasteiger partial charge is 0.189 e. The van der Waals surface area contributed by atoms with Gasteiger partial charge in [-0.05, 0) is 61.4 Å². The average molecular weight is 317 g/mol. The lowest BCUT2D eigenvalue weighted by Gasteiger charge is -2.13. The standard InChI is InChI=1S/C18H23NO4/c1-13-10-15(19)11-14(2)18(13)23-17-6-4-16(5-7-17)22-12-21-9-8-20-3/h4-7,10-11H,8-9,12,19H2,1-3H3. The van der Waals surface area contributed by atoms with Gasteiger partial charge in [0.05, 0.1) is 13.2 Å². The summed E-state index contributed by atoms with van der Waals surface area (Å²) in [7, 11) is 1.63. The van der Waals surface area contributed by atoms with Gasteiger partial charge in [-0.3, -0.25) is 0 Å². The summed E-state index contributed by atoms with van der Waals surface area (Å²) in [5, 5.41) is 0. The highest BCUT2D eigenvalue weighted by molar-refractivity contribution is 5.53. The third-order valence-corrected chi connectivity index (χ3v) is 3.27. The van der Waals surface area contributed by atoms with Gasteiger partial charge in [-0.15, -0.1) is 0 Å². The van der Waals surface area contributed by atoms with E-state index in [-0.39, 0.29) is 6.79 Å². The molecule has 0 heterocycles. The molecule has 0 fully saturated rings. The van der Waals surface area contributed by atoms with Gasteiger partial charge < -0.3 is 24.7 Å². The Bertz CT molecular complexity index is 602. The molecule has 124 valence electrons. The number of hydrogen-bond acceptors (Lipinski definition) is 5. The van der Waals surface area contributed by atoms with E-state index in [4.69, 9.17) is 24.7 Å². The molecule has 0 bridgehead atoms. The number of aryl methyl sites for hydroxylation is 2. The van der Waals surface area contributed by atoms with E-state index in [1.807, 2.05) is 50.2 Å². The van der Waals surface area contributed by atoms with E-state index in [1.165, 1.54) is 0 Å². The first kappa shape index (κ1) is 17.1. The van der Waals surface area contributed by atoms with Crippen molar-refractivity contribution in [1.29, 1.82) is 0 Å². The highest BCUT2D eigenvalue weighted by Crippen LogP contribution is 2.31. The van der Waals surface area contributed by atoms with Crippen molar-refractivity contribution in [2.45, 2.75) is 13.8 Å². The van der Waals surface area contributed by atoms with Crippen molar-refractivity contribution in [2.75, 3.05) is 32.9 Å². The van der Waals surface area contributed by atoms with Crippen LogP contribution >= 0.6 is 0 Å². The Morgan fingerprint density at radius 3 is 2.13 bits per heavy atom. The SMILES string of the molecule is COCCOCOc1ccc(Oc2c(C)cc(N)cc2C)cc1. The Kier molecular flexibility index (Phi) is 6.26. The largest absolute Gasteiger partial charge is 0.468 e. The Balaban J connectivity index is 1.93. The van der Waals surface area contributed by atoms with Gasteiger partial charge >= 0.3 is 0 Å².